The molecule has 1 unspecified atom stereocenters. The first-order valence-corrected chi connectivity index (χ1v) is 6.43. The van der Waals surface area contributed by atoms with Crippen LogP contribution in [0.25, 0.3) is 0 Å². The Labute approximate surface area is 117 Å². The van der Waals surface area contributed by atoms with Crippen LogP contribution in [-0.4, -0.2) is 16.7 Å². The van der Waals surface area contributed by atoms with Crippen molar-refractivity contribution in [3.63, 3.8) is 0 Å². The zero-order chi connectivity index (χ0) is 14.5. The standard InChI is InChI=1S/C15H16N2O3/c1-3-11(12-9-10(2)6-7-16-12)17-15(19)14(18)13-5-4-8-20-13/h4-9,11H,3H2,1-2H3,(H,17,19). The van der Waals surface area contributed by atoms with Gasteiger partial charge in [0.1, 0.15) is 0 Å². The number of nitrogens with one attached hydrogen (secondary N) is 1. The van der Waals surface area contributed by atoms with Gasteiger partial charge in [0.05, 0.1) is 18.0 Å². The molecule has 2 heterocycles. The van der Waals surface area contributed by atoms with Crippen molar-refractivity contribution in [2.75, 3.05) is 0 Å². The van der Waals surface area contributed by atoms with Gasteiger partial charge in [-0.3, -0.25) is 14.6 Å². The summed E-state index contributed by atoms with van der Waals surface area (Å²) in [4.78, 5) is 28.0. The Morgan fingerprint density at radius 1 is 1.40 bits per heavy atom. The molecule has 0 radical (unpaired) electrons. The molecule has 104 valence electrons. The molecule has 0 aliphatic carbocycles. The molecule has 1 N–H and O–H groups in total. The number of pyridine rings is 1. The monoisotopic (exact) mass is 272 g/mol. The maximum atomic E-state index is 11.9. The Kier molecular flexibility index (Phi) is 4.30. The predicted octanol–water partition coefficient (Wildman–Crippen LogP) is 2.43. The van der Waals surface area contributed by atoms with Crippen LogP contribution in [0.3, 0.4) is 0 Å². The summed E-state index contributed by atoms with van der Waals surface area (Å²) in [6.45, 7) is 3.88. The lowest BCUT2D eigenvalue weighted by atomic mass is 10.1. The van der Waals surface area contributed by atoms with E-state index in [1.54, 1.807) is 12.3 Å². The Morgan fingerprint density at radius 3 is 2.80 bits per heavy atom. The summed E-state index contributed by atoms with van der Waals surface area (Å²) in [7, 11) is 0. The molecule has 0 saturated carbocycles. The molecule has 0 aliphatic heterocycles. The van der Waals surface area contributed by atoms with Crippen LogP contribution in [0, 0.1) is 6.92 Å². The number of Topliss-reactive ketones (excluding diaryl/α,β-unsaturated/α-hetero) is 1. The molecule has 1 amide bonds. The van der Waals surface area contributed by atoms with Gasteiger partial charge in [-0.15, -0.1) is 0 Å². The summed E-state index contributed by atoms with van der Waals surface area (Å²) in [5, 5.41) is 2.69. The van der Waals surface area contributed by atoms with Crippen LogP contribution < -0.4 is 5.32 Å². The van der Waals surface area contributed by atoms with Crippen molar-refractivity contribution in [1.29, 1.82) is 0 Å². The molecule has 0 saturated heterocycles. The van der Waals surface area contributed by atoms with Crippen LogP contribution in [0.2, 0.25) is 0 Å². The first-order valence-electron chi connectivity index (χ1n) is 6.43. The van der Waals surface area contributed by atoms with Crippen molar-refractivity contribution < 1.29 is 14.0 Å². The maximum absolute atomic E-state index is 11.9. The molecular formula is C15H16N2O3. The van der Waals surface area contributed by atoms with E-state index in [0.717, 1.165) is 11.3 Å². The van der Waals surface area contributed by atoms with Gasteiger partial charge in [0.2, 0.25) is 0 Å². The zero-order valence-corrected chi connectivity index (χ0v) is 11.4. The van der Waals surface area contributed by atoms with Crippen molar-refractivity contribution in [1.82, 2.24) is 10.3 Å². The van der Waals surface area contributed by atoms with E-state index in [1.165, 1.54) is 12.3 Å². The molecule has 2 aromatic heterocycles. The van der Waals surface area contributed by atoms with E-state index in [4.69, 9.17) is 4.42 Å². The largest absolute Gasteiger partial charge is 0.461 e. The van der Waals surface area contributed by atoms with Crippen LogP contribution in [0.4, 0.5) is 0 Å². The van der Waals surface area contributed by atoms with Crippen molar-refractivity contribution in [3.05, 3.63) is 53.7 Å². The van der Waals surface area contributed by atoms with Crippen molar-refractivity contribution in [2.45, 2.75) is 26.3 Å². The number of ketones is 1. The Bertz CT molecular complexity index is 605. The molecule has 0 bridgehead atoms. The second kappa shape index (κ2) is 6.14. The zero-order valence-electron chi connectivity index (χ0n) is 11.4. The quantitative estimate of drug-likeness (QED) is 0.670. The summed E-state index contributed by atoms with van der Waals surface area (Å²) in [6, 6.07) is 6.52. The van der Waals surface area contributed by atoms with Crippen LogP contribution in [0.1, 0.15) is 41.2 Å². The number of carbonyl (C=O) groups excluding carboxylic acids is 2. The Hall–Kier alpha value is -2.43. The fourth-order valence-corrected chi connectivity index (χ4v) is 1.88. The number of hydrogen-bond donors (Lipinski definition) is 1. The van der Waals surface area contributed by atoms with Gasteiger partial charge in [-0.25, -0.2) is 0 Å². The number of aromatic nitrogens is 1. The average Bonchev–Trinajstić information content (AvgIpc) is 2.97. The van der Waals surface area contributed by atoms with Crippen molar-refractivity contribution in [2.24, 2.45) is 0 Å². The third-order valence-electron chi connectivity index (χ3n) is 2.96. The van der Waals surface area contributed by atoms with E-state index in [-0.39, 0.29) is 11.8 Å². The van der Waals surface area contributed by atoms with Gasteiger partial charge >= 0.3 is 0 Å². The van der Waals surface area contributed by atoms with Gasteiger partial charge < -0.3 is 9.73 Å². The minimum atomic E-state index is -0.685. The first-order chi connectivity index (χ1) is 9.61. The summed E-state index contributed by atoms with van der Waals surface area (Å²) in [6.07, 6.45) is 3.70. The fourth-order valence-electron chi connectivity index (χ4n) is 1.88. The van der Waals surface area contributed by atoms with E-state index >= 15 is 0 Å². The van der Waals surface area contributed by atoms with Crippen LogP contribution >= 0.6 is 0 Å². The minimum absolute atomic E-state index is 0.0366. The number of aryl methyl sites for hydroxylation is 1. The average molecular weight is 272 g/mol. The molecular weight excluding hydrogens is 256 g/mol. The lowest BCUT2D eigenvalue weighted by molar-refractivity contribution is -0.117. The number of furan rings is 1. The van der Waals surface area contributed by atoms with E-state index in [9.17, 15) is 9.59 Å². The summed E-state index contributed by atoms with van der Waals surface area (Å²) < 4.78 is 4.93. The third kappa shape index (κ3) is 3.12. The summed E-state index contributed by atoms with van der Waals surface area (Å²) in [5.41, 5.74) is 1.80. The van der Waals surface area contributed by atoms with Gasteiger partial charge in [0, 0.05) is 6.20 Å². The fraction of sp³-hybridized carbons (Fsp3) is 0.267. The van der Waals surface area contributed by atoms with E-state index < -0.39 is 11.7 Å². The molecule has 0 spiro atoms. The summed E-state index contributed by atoms with van der Waals surface area (Å²) in [5.74, 6) is -1.33. The second-order valence-corrected chi connectivity index (χ2v) is 4.50. The summed E-state index contributed by atoms with van der Waals surface area (Å²) >= 11 is 0. The third-order valence-corrected chi connectivity index (χ3v) is 2.96. The Morgan fingerprint density at radius 2 is 2.20 bits per heavy atom. The van der Waals surface area contributed by atoms with Gasteiger partial charge in [-0.2, -0.15) is 0 Å². The smallest absolute Gasteiger partial charge is 0.296 e. The number of hydrogen-bond acceptors (Lipinski definition) is 4. The predicted molar refractivity (Wildman–Crippen MR) is 73.2 cm³/mol. The minimum Gasteiger partial charge on any atom is -0.461 e. The highest BCUT2D eigenvalue weighted by Gasteiger charge is 2.22. The van der Waals surface area contributed by atoms with E-state index in [0.29, 0.717) is 6.42 Å². The van der Waals surface area contributed by atoms with Crippen molar-refractivity contribution >= 4 is 11.7 Å². The highest BCUT2D eigenvalue weighted by Crippen LogP contribution is 2.15. The highest BCUT2D eigenvalue weighted by molar-refractivity contribution is 6.42. The van der Waals surface area contributed by atoms with E-state index in [1.807, 2.05) is 26.0 Å². The van der Waals surface area contributed by atoms with E-state index in [2.05, 4.69) is 10.3 Å². The Balaban J connectivity index is 2.10. The SMILES string of the molecule is CCC(NC(=O)C(=O)c1ccco1)c1cc(C)ccn1. The lowest BCUT2D eigenvalue weighted by Crippen LogP contribution is -2.34. The number of rotatable bonds is 5. The number of amides is 1. The second-order valence-electron chi connectivity index (χ2n) is 4.50. The van der Waals surface area contributed by atoms with Gasteiger partial charge in [0.15, 0.2) is 5.76 Å². The highest BCUT2D eigenvalue weighted by atomic mass is 16.3. The molecule has 5 heteroatoms. The molecule has 2 rings (SSSR count). The molecule has 20 heavy (non-hydrogen) atoms. The molecule has 0 fully saturated rings. The number of carbonyl (C=O) groups is 2. The van der Waals surface area contributed by atoms with Gasteiger partial charge in [0.25, 0.3) is 11.7 Å². The lowest BCUT2D eigenvalue weighted by Gasteiger charge is -2.16. The topological polar surface area (TPSA) is 72.2 Å². The van der Waals surface area contributed by atoms with Crippen LogP contribution in [0.5, 0.6) is 0 Å². The van der Waals surface area contributed by atoms with Crippen LogP contribution in [0.15, 0.2) is 41.1 Å². The molecule has 2 aromatic rings. The van der Waals surface area contributed by atoms with Gasteiger partial charge in [-0.05, 0) is 43.2 Å². The first kappa shape index (κ1) is 14.0. The molecule has 1 atom stereocenters. The van der Waals surface area contributed by atoms with Gasteiger partial charge in [-0.1, -0.05) is 6.92 Å². The molecule has 0 aromatic carbocycles. The van der Waals surface area contributed by atoms with Crippen LogP contribution in [-0.2, 0) is 4.79 Å². The molecule has 0 aliphatic rings. The normalized spacial score (nSPS) is 11.9. The molecule has 5 nitrogen and oxygen atoms in total. The van der Waals surface area contributed by atoms with Crippen molar-refractivity contribution in [3.8, 4) is 0 Å². The number of nitrogens with zero attached hydrogens (tertiary/aromatic N) is 1. The maximum Gasteiger partial charge on any atom is 0.296 e.